The van der Waals surface area contributed by atoms with Gasteiger partial charge in [0.05, 0.1) is 27.2 Å². The Morgan fingerprint density at radius 3 is 2.04 bits per heavy atom. The van der Waals surface area contributed by atoms with Gasteiger partial charge in [-0.25, -0.2) is 0 Å². The molecule has 0 aliphatic carbocycles. The Bertz CT molecular complexity index is 534. The van der Waals surface area contributed by atoms with Gasteiger partial charge in [0.25, 0.3) is 5.91 Å². The van der Waals surface area contributed by atoms with Crippen molar-refractivity contribution in [2.24, 2.45) is 0 Å². The Labute approximate surface area is 161 Å². The summed E-state index contributed by atoms with van der Waals surface area (Å²) < 4.78 is 6.11. The van der Waals surface area contributed by atoms with Crippen LogP contribution in [0.25, 0.3) is 0 Å². The van der Waals surface area contributed by atoms with E-state index in [2.05, 4.69) is 33.1 Å². The van der Waals surface area contributed by atoms with Crippen molar-refractivity contribution in [1.82, 2.24) is 0 Å². The third kappa shape index (κ3) is 6.31. The van der Waals surface area contributed by atoms with Crippen molar-refractivity contribution in [3.63, 3.8) is 0 Å². The van der Waals surface area contributed by atoms with Gasteiger partial charge in [0.2, 0.25) is 0 Å². The highest BCUT2D eigenvalue weighted by Crippen LogP contribution is 2.27. The maximum atomic E-state index is 13.1. The van der Waals surface area contributed by atoms with Crippen LogP contribution in [0.3, 0.4) is 0 Å². The predicted octanol–water partition coefficient (Wildman–Crippen LogP) is 5.32. The molecule has 0 aromatic heterocycles. The second-order valence-corrected chi connectivity index (χ2v) is 6.95. The molecule has 0 aliphatic heterocycles. The third-order valence-electron chi connectivity index (χ3n) is 5.06. The Morgan fingerprint density at radius 1 is 1.12 bits per heavy atom. The average molecular weight is 366 g/mol. The van der Waals surface area contributed by atoms with Gasteiger partial charge < -0.3 is 14.5 Å². The van der Waals surface area contributed by atoms with E-state index in [1.807, 2.05) is 39.8 Å². The Kier molecular flexibility index (Phi) is 11.2. The molecular weight excluding hydrogens is 324 g/mol. The first-order valence-electron chi connectivity index (χ1n) is 10.1. The molecule has 1 rings (SSSR count). The lowest BCUT2D eigenvalue weighted by molar-refractivity contribution is -0.923. The van der Waals surface area contributed by atoms with Crippen molar-refractivity contribution < 1.29 is 14.0 Å². The van der Waals surface area contributed by atoms with Crippen LogP contribution in [0.5, 0.6) is 5.75 Å². The van der Waals surface area contributed by atoms with Gasteiger partial charge in [-0.3, -0.25) is 4.79 Å². The Morgan fingerprint density at radius 2 is 1.65 bits per heavy atom. The number of rotatable bonds is 9. The van der Waals surface area contributed by atoms with Crippen molar-refractivity contribution in [3.05, 3.63) is 23.3 Å². The quantitative estimate of drug-likeness (QED) is 0.601. The molecule has 1 amide bonds. The number of likely N-dealkylation sites (N-methyl/N-ethyl adjacent to an activating group) is 1. The molecule has 150 valence electrons. The molecule has 0 fully saturated rings. The maximum Gasteiger partial charge on any atom is 0.282 e. The van der Waals surface area contributed by atoms with Crippen LogP contribution in [0.1, 0.15) is 65.0 Å². The van der Waals surface area contributed by atoms with Crippen LogP contribution in [-0.2, 0) is 4.79 Å². The number of nitrogens with zero attached hydrogens (tertiary/aromatic N) is 1. The zero-order valence-corrected chi connectivity index (χ0v) is 18.5. The molecule has 2 atom stereocenters. The summed E-state index contributed by atoms with van der Waals surface area (Å²) in [7, 11) is 3.87. The van der Waals surface area contributed by atoms with Crippen molar-refractivity contribution >= 4 is 11.6 Å². The highest BCUT2D eigenvalue weighted by molar-refractivity contribution is 5.95. The molecule has 26 heavy (non-hydrogen) atoms. The van der Waals surface area contributed by atoms with E-state index in [9.17, 15) is 4.79 Å². The van der Waals surface area contributed by atoms with Crippen LogP contribution in [0.15, 0.2) is 12.1 Å². The van der Waals surface area contributed by atoms with Crippen LogP contribution in [0.4, 0.5) is 5.69 Å². The number of benzene rings is 1. The van der Waals surface area contributed by atoms with Crippen LogP contribution in [-0.4, -0.2) is 43.7 Å². The molecule has 1 aromatic rings. The first-order valence-corrected chi connectivity index (χ1v) is 10.1. The normalized spacial score (nSPS) is 13.9. The van der Waals surface area contributed by atoms with Crippen LogP contribution in [0.2, 0.25) is 0 Å². The molecule has 0 heterocycles. The van der Waals surface area contributed by atoms with E-state index in [1.165, 1.54) is 0 Å². The molecule has 0 saturated heterocycles. The molecule has 0 bridgehead atoms. The predicted molar refractivity (Wildman–Crippen MR) is 113 cm³/mol. The summed E-state index contributed by atoms with van der Waals surface area (Å²) in [5, 5.41) is 3.20. The molecule has 1 N–H and O–H groups in total. The summed E-state index contributed by atoms with van der Waals surface area (Å²) in [4.78, 5) is 13.1. The molecule has 0 spiro atoms. The zero-order valence-electron chi connectivity index (χ0n) is 18.5. The summed E-state index contributed by atoms with van der Waals surface area (Å²) >= 11 is 0. The molecule has 0 aliphatic rings. The fourth-order valence-electron chi connectivity index (χ4n) is 3.49. The Balaban J connectivity index is 0.00000301. The minimum atomic E-state index is -0.0131. The number of anilines is 1. The number of amides is 1. The number of methoxy groups -OCH3 is 1. The van der Waals surface area contributed by atoms with E-state index in [1.54, 1.807) is 7.11 Å². The lowest BCUT2D eigenvalue weighted by atomic mass is 10.0. The van der Waals surface area contributed by atoms with Gasteiger partial charge in [-0.05, 0) is 56.9 Å². The number of carbonyl (C=O) groups is 1. The Hall–Kier alpha value is -1.55. The van der Waals surface area contributed by atoms with Crippen LogP contribution in [0, 0.1) is 13.8 Å². The van der Waals surface area contributed by atoms with E-state index in [4.69, 9.17) is 4.74 Å². The second kappa shape index (κ2) is 11.9. The molecule has 4 nitrogen and oxygen atoms in total. The lowest BCUT2D eigenvalue weighted by Crippen LogP contribution is -2.57. The van der Waals surface area contributed by atoms with Gasteiger partial charge in [-0.15, -0.1) is 0 Å². The van der Waals surface area contributed by atoms with Gasteiger partial charge in [0, 0.05) is 12.1 Å². The average Bonchev–Trinajstić information content (AvgIpc) is 2.63. The number of carbonyl (C=O) groups excluding carboxylic acids is 1. The highest BCUT2D eigenvalue weighted by Gasteiger charge is 2.36. The number of ether oxygens (including phenoxy) is 1. The van der Waals surface area contributed by atoms with Gasteiger partial charge in [0.15, 0.2) is 6.04 Å². The highest BCUT2D eigenvalue weighted by atomic mass is 16.5. The van der Waals surface area contributed by atoms with E-state index in [-0.39, 0.29) is 11.9 Å². The van der Waals surface area contributed by atoms with E-state index >= 15 is 0 Å². The van der Waals surface area contributed by atoms with Gasteiger partial charge in [0.1, 0.15) is 5.75 Å². The number of quaternary nitrogens is 1. The largest absolute Gasteiger partial charge is 0.497 e. The van der Waals surface area contributed by atoms with Crippen molar-refractivity contribution in [2.45, 2.75) is 73.8 Å². The fourth-order valence-corrected chi connectivity index (χ4v) is 3.49. The molecule has 1 aromatic carbocycles. The van der Waals surface area contributed by atoms with Crippen molar-refractivity contribution in [1.29, 1.82) is 0 Å². The first kappa shape index (κ1) is 24.5. The first-order chi connectivity index (χ1) is 12.3. The second-order valence-electron chi connectivity index (χ2n) is 6.95. The maximum absolute atomic E-state index is 13.1. The molecule has 0 radical (unpaired) electrons. The van der Waals surface area contributed by atoms with E-state index in [0.29, 0.717) is 0 Å². The minimum absolute atomic E-state index is 0.0131. The summed E-state index contributed by atoms with van der Waals surface area (Å²) in [6.45, 7) is 16.5. The van der Waals surface area contributed by atoms with Gasteiger partial charge in [-0.2, -0.15) is 0 Å². The fraction of sp³-hybridized carbons (Fsp3) is 0.682. The molecule has 2 unspecified atom stereocenters. The zero-order chi connectivity index (χ0) is 20.3. The van der Waals surface area contributed by atoms with Crippen molar-refractivity contribution in [3.8, 4) is 5.75 Å². The number of nitrogens with one attached hydrogen (secondary N) is 1. The summed E-state index contributed by atoms with van der Waals surface area (Å²) in [6.07, 6.45) is 3.00. The lowest BCUT2D eigenvalue weighted by Gasteiger charge is -2.40. The van der Waals surface area contributed by atoms with Crippen LogP contribution >= 0.6 is 0 Å². The minimum Gasteiger partial charge on any atom is -0.497 e. The molecular formula is C22H41N2O2+. The van der Waals surface area contributed by atoms with E-state index < -0.39 is 0 Å². The number of hydrogen-bond donors (Lipinski definition) is 1. The summed E-state index contributed by atoms with van der Waals surface area (Å²) in [5.41, 5.74) is 2.99. The van der Waals surface area contributed by atoms with Crippen molar-refractivity contribution in [2.75, 3.05) is 32.6 Å². The van der Waals surface area contributed by atoms with E-state index in [0.717, 1.165) is 59.4 Å². The topological polar surface area (TPSA) is 38.3 Å². The monoisotopic (exact) mass is 365 g/mol. The van der Waals surface area contributed by atoms with Crippen LogP contribution < -0.4 is 10.1 Å². The SMILES string of the molecule is CC.CCCC(C(=O)Nc1c(C)cc(OC)cc1C)[N+](C)(CC)CCC. The standard InChI is InChI=1S/C20H34N2O2.C2H6/c1-8-11-18(22(6,10-3)12-9-2)20(23)21-19-15(4)13-17(24-7)14-16(19)5;1-2/h13-14,18H,8-12H2,1-7H3;1-2H3/p+1. The third-order valence-corrected chi connectivity index (χ3v) is 5.06. The molecule has 4 heteroatoms. The summed E-state index contributed by atoms with van der Waals surface area (Å²) in [6, 6.07) is 3.93. The smallest absolute Gasteiger partial charge is 0.282 e. The van der Waals surface area contributed by atoms with Gasteiger partial charge >= 0.3 is 0 Å². The molecule has 0 saturated carbocycles. The number of hydrogen-bond acceptors (Lipinski definition) is 2. The number of aryl methyl sites for hydroxylation is 2. The summed E-state index contributed by atoms with van der Waals surface area (Å²) in [5.74, 6) is 0.958. The van der Waals surface area contributed by atoms with Gasteiger partial charge in [-0.1, -0.05) is 27.7 Å².